The topological polar surface area (TPSA) is 86.8 Å². The van der Waals surface area contributed by atoms with Crippen LogP contribution in [-0.2, 0) is 14.4 Å². The summed E-state index contributed by atoms with van der Waals surface area (Å²) in [4.78, 5) is 52.0. The van der Waals surface area contributed by atoms with Gasteiger partial charge in [-0.15, -0.1) is 0 Å². The lowest BCUT2D eigenvalue weighted by atomic mass is 10.3. The van der Waals surface area contributed by atoms with Gasteiger partial charge >= 0.3 is 17.8 Å². The summed E-state index contributed by atoms with van der Waals surface area (Å²) in [7, 11) is 0. The van der Waals surface area contributed by atoms with Gasteiger partial charge in [0, 0.05) is 16.3 Å². The average Bonchev–Trinajstić information content (AvgIpc) is 2.89. The van der Waals surface area contributed by atoms with Crippen LogP contribution in [0.2, 0.25) is 0 Å². The summed E-state index contributed by atoms with van der Waals surface area (Å²) in [6.45, 7) is 1.44. The maximum atomic E-state index is 12.4. The van der Waals surface area contributed by atoms with Gasteiger partial charge in [0.1, 0.15) is 6.54 Å². The molecule has 2 aromatic carbocycles. The number of urea groups is 1. The summed E-state index contributed by atoms with van der Waals surface area (Å²) in [5, 5.41) is 2.72. The highest BCUT2D eigenvalue weighted by molar-refractivity contribution is 7.99. The van der Waals surface area contributed by atoms with Crippen molar-refractivity contribution < 1.29 is 19.2 Å². The number of imide groups is 2. The van der Waals surface area contributed by atoms with Gasteiger partial charge in [0.2, 0.25) is 5.91 Å². The van der Waals surface area contributed by atoms with Crippen molar-refractivity contribution in [2.45, 2.75) is 23.1 Å². The highest BCUT2D eigenvalue weighted by Crippen LogP contribution is 2.33. The van der Waals surface area contributed by atoms with Crippen LogP contribution in [0.5, 0.6) is 0 Å². The molecule has 3 rings (SSSR count). The first-order valence-corrected chi connectivity index (χ1v) is 9.62. The minimum Gasteiger partial charge on any atom is -0.323 e. The number of amides is 5. The molecule has 0 bridgehead atoms. The van der Waals surface area contributed by atoms with Gasteiger partial charge in [-0.25, -0.2) is 9.69 Å². The number of hydrogen-bond donors (Lipinski definition) is 1. The number of para-hydroxylation sites is 1. The van der Waals surface area contributed by atoms with Crippen molar-refractivity contribution in [3.8, 4) is 0 Å². The Labute approximate surface area is 166 Å². The zero-order chi connectivity index (χ0) is 20.1. The van der Waals surface area contributed by atoms with Crippen LogP contribution >= 0.6 is 11.8 Å². The Morgan fingerprint density at radius 2 is 1.57 bits per heavy atom. The van der Waals surface area contributed by atoms with Crippen molar-refractivity contribution in [2.24, 2.45) is 0 Å². The first-order chi connectivity index (χ1) is 13.5. The molecule has 0 saturated carbocycles. The van der Waals surface area contributed by atoms with Gasteiger partial charge in [-0.2, -0.15) is 0 Å². The molecule has 8 heteroatoms. The molecule has 0 aliphatic carbocycles. The van der Waals surface area contributed by atoms with Gasteiger partial charge in [0.05, 0.1) is 5.69 Å². The van der Waals surface area contributed by atoms with Crippen molar-refractivity contribution in [1.82, 2.24) is 9.80 Å². The molecule has 144 valence electrons. The molecule has 0 aromatic heterocycles. The monoisotopic (exact) mass is 397 g/mol. The molecule has 1 aliphatic rings. The lowest BCUT2D eigenvalue weighted by molar-refractivity contribution is -0.143. The predicted molar refractivity (Wildman–Crippen MR) is 105 cm³/mol. The highest BCUT2D eigenvalue weighted by Gasteiger charge is 2.44. The molecule has 0 atom stereocenters. The van der Waals surface area contributed by atoms with Gasteiger partial charge in [-0.1, -0.05) is 49.0 Å². The van der Waals surface area contributed by atoms with Crippen LogP contribution in [0, 0.1) is 0 Å². The van der Waals surface area contributed by atoms with E-state index in [0.717, 1.165) is 14.7 Å². The van der Waals surface area contributed by atoms with E-state index in [1.54, 1.807) is 19.1 Å². The standard InChI is InChI=1S/C20H19N3O4S/c1-2-12-22-18(25)19(26)23(20(22)27)13-17(24)21-15-10-6-7-11-16(15)28-14-8-4-3-5-9-14/h3-11H,2,12-13H2,1H3,(H,21,24). The first kappa shape index (κ1) is 19.6. The molecule has 1 heterocycles. The molecule has 5 amide bonds. The molecule has 7 nitrogen and oxygen atoms in total. The first-order valence-electron chi connectivity index (χ1n) is 8.80. The fraction of sp³-hybridized carbons (Fsp3) is 0.200. The van der Waals surface area contributed by atoms with E-state index in [-0.39, 0.29) is 6.54 Å². The van der Waals surface area contributed by atoms with E-state index >= 15 is 0 Å². The highest BCUT2D eigenvalue weighted by atomic mass is 32.2. The molecule has 28 heavy (non-hydrogen) atoms. The van der Waals surface area contributed by atoms with E-state index < -0.39 is 30.3 Å². The van der Waals surface area contributed by atoms with Gasteiger partial charge in [-0.05, 0) is 30.7 Å². The molecular formula is C20H19N3O4S. The summed E-state index contributed by atoms with van der Waals surface area (Å²) in [5.74, 6) is -2.41. The van der Waals surface area contributed by atoms with E-state index in [2.05, 4.69) is 5.32 Å². The molecule has 2 aromatic rings. The Balaban J connectivity index is 1.70. The molecular weight excluding hydrogens is 378 g/mol. The fourth-order valence-electron chi connectivity index (χ4n) is 2.72. The van der Waals surface area contributed by atoms with Crippen LogP contribution in [0.4, 0.5) is 10.5 Å². The van der Waals surface area contributed by atoms with Gasteiger partial charge in [-0.3, -0.25) is 19.3 Å². The summed E-state index contributed by atoms with van der Waals surface area (Å²) < 4.78 is 0. The van der Waals surface area contributed by atoms with Crippen molar-refractivity contribution in [3.63, 3.8) is 0 Å². The zero-order valence-electron chi connectivity index (χ0n) is 15.3. The lowest BCUT2D eigenvalue weighted by Crippen LogP contribution is -2.39. The van der Waals surface area contributed by atoms with Crippen molar-refractivity contribution in [2.75, 3.05) is 18.4 Å². The Morgan fingerprint density at radius 1 is 0.929 bits per heavy atom. The van der Waals surface area contributed by atoms with Gasteiger partial charge in [0.25, 0.3) is 0 Å². The Bertz CT molecular complexity index is 917. The van der Waals surface area contributed by atoms with Crippen LogP contribution < -0.4 is 5.32 Å². The van der Waals surface area contributed by atoms with Crippen LogP contribution in [0.25, 0.3) is 0 Å². The number of carbonyl (C=O) groups excluding carboxylic acids is 4. The predicted octanol–water partition coefficient (Wildman–Crippen LogP) is 2.98. The summed E-state index contributed by atoms with van der Waals surface area (Å²) in [6.07, 6.45) is 0.537. The zero-order valence-corrected chi connectivity index (χ0v) is 16.1. The third-order valence-electron chi connectivity index (χ3n) is 4.02. The molecule has 0 radical (unpaired) electrons. The van der Waals surface area contributed by atoms with Crippen molar-refractivity contribution >= 4 is 41.2 Å². The van der Waals surface area contributed by atoms with Crippen molar-refractivity contribution in [1.29, 1.82) is 0 Å². The van der Waals surface area contributed by atoms with E-state index in [0.29, 0.717) is 17.0 Å². The third-order valence-corrected chi connectivity index (χ3v) is 5.10. The molecule has 1 saturated heterocycles. The Morgan fingerprint density at radius 3 is 2.29 bits per heavy atom. The van der Waals surface area contributed by atoms with Gasteiger partial charge in [0.15, 0.2) is 0 Å². The summed E-state index contributed by atoms with van der Waals surface area (Å²) >= 11 is 1.48. The Kier molecular flexibility index (Phi) is 6.10. The van der Waals surface area contributed by atoms with Crippen molar-refractivity contribution in [3.05, 3.63) is 54.6 Å². The second-order valence-electron chi connectivity index (χ2n) is 6.09. The maximum absolute atomic E-state index is 12.4. The fourth-order valence-corrected chi connectivity index (χ4v) is 3.64. The minimum atomic E-state index is -0.972. The van der Waals surface area contributed by atoms with Gasteiger partial charge < -0.3 is 5.32 Å². The molecule has 0 spiro atoms. The smallest absolute Gasteiger partial charge is 0.323 e. The quantitative estimate of drug-likeness (QED) is 0.573. The SMILES string of the molecule is CCCN1C(=O)C(=O)N(CC(=O)Nc2ccccc2Sc2ccccc2)C1=O. The second kappa shape index (κ2) is 8.71. The van der Waals surface area contributed by atoms with E-state index in [1.165, 1.54) is 11.8 Å². The van der Waals surface area contributed by atoms with Crippen LogP contribution in [0.1, 0.15) is 13.3 Å². The number of nitrogens with one attached hydrogen (secondary N) is 1. The molecule has 1 fully saturated rings. The largest absolute Gasteiger partial charge is 0.334 e. The molecule has 1 N–H and O–H groups in total. The number of nitrogens with zero attached hydrogens (tertiary/aromatic N) is 2. The van der Waals surface area contributed by atoms with E-state index in [1.807, 2.05) is 42.5 Å². The Hall–Kier alpha value is -3.13. The average molecular weight is 397 g/mol. The summed E-state index contributed by atoms with van der Waals surface area (Å²) in [5.41, 5.74) is 0.567. The van der Waals surface area contributed by atoms with Crippen LogP contribution in [-0.4, -0.2) is 46.6 Å². The number of rotatable bonds is 7. The van der Waals surface area contributed by atoms with E-state index in [4.69, 9.17) is 0 Å². The lowest BCUT2D eigenvalue weighted by Gasteiger charge is -2.15. The van der Waals surface area contributed by atoms with Crippen LogP contribution in [0.15, 0.2) is 64.4 Å². The second-order valence-corrected chi connectivity index (χ2v) is 7.21. The number of hydrogen-bond acceptors (Lipinski definition) is 5. The number of benzene rings is 2. The summed E-state index contributed by atoms with van der Waals surface area (Å²) in [6, 6.07) is 16.2. The minimum absolute atomic E-state index is 0.151. The maximum Gasteiger partial charge on any atom is 0.334 e. The van der Waals surface area contributed by atoms with E-state index in [9.17, 15) is 19.2 Å². The molecule has 1 aliphatic heterocycles. The third kappa shape index (κ3) is 4.23. The van der Waals surface area contributed by atoms with Crippen LogP contribution in [0.3, 0.4) is 0 Å². The number of anilines is 1. The number of carbonyl (C=O) groups is 4. The molecule has 0 unspecified atom stereocenters. The normalized spacial score (nSPS) is 14.0.